The van der Waals surface area contributed by atoms with Crippen LogP contribution in [0.1, 0.15) is 26.2 Å². The normalized spacial score (nSPS) is 16.1. The Bertz CT molecular complexity index is 820. The monoisotopic (exact) mass is 382 g/mol. The van der Waals surface area contributed by atoms with Crippen LogP contribution in [0, 0.1) is 5.92 Å². The summed E-state index contributed by atoms with van der Waals surface area (Å²) in [6.45, 7) is 3.06. The predicted molar refractivity (Wildman–Crippen MR) is 109 cm³/mol. The molecule has 1 aliphatic rings. The summed E-state index contributed by atoms with van der Waals surface area (Å²) in [4.78, 5) is 26.8. The Morgan fingerprint density at radius 3 is 2.64 bits per heavy atom. The SMILES string of the molecule is CCCCOc1ccccc1NC(=O)C1CC(=O)N(c2ccc(OC)cc2)C1. The molecular formula is C22H26N2O4. The molecule has 1 heterocycles. The molecule has 1 aliphatic heterocycles. The van der Waals surface area contributed by atoms with E-state index in [-0.39, 0.29) is 18.2 Å². The lowest BCUT2D eigenvalue weighted by atomic mass is 10.1. The summed E-state index contributed by atoms with van der Waals surface area (Å²) in [6.07, 6.45) is 2.19. The zero-order valence-corrected chi connectivity index (χ0v) is 16.3. The standard InChI is InChI=1S/C22H26N2O4/c1-3-4-13-28-20-8-6-5-7-19(20)23-22(26)16-14-21(25)24(15-16)17-9-11-18(27-2)12-10-17/h5-12,16H,3-4,13-15H2,1-2H3,(H,23,26). The minimum atomic E-state index is -0.404. The van der Waals surface area contributed by atoms with Crippen LogP contribution >= 0.6 is 0 Å². The van der Waals surface area contributed by atoms with Crippen molar-refractivity contribution in [1.82, 2.24) is 0 Å². The molecule has 1 N–H and O–H groups in total. The van der Waals surface area contributed by atoms with Crippen LogP contribution in [-0.4, -0.2) is 32.1 Å². The molecule has 0 aromatic heterocycles. The maximum absolute atomic E-state index is 12.8. The van der Waals surface area contributed by atoms with Crippen LogP contribution in [0.3, 0.4) is 0 Å². The molecule has 1 saturated heterocycles. The van der Waals surface area contributed by atoms with Crippen LogP contribution in [0.2, 0.25) is 0 Å². The molecule has 0 radical (unpaired) electrons. The Kier molecular flexibility index (Phi) is 6.53. The van der Waals surface area contributed by atoms with Crippen molar-refractivity contribution in [1.29, 1.82) is 0 Å². The zero-order valence-electron chi connectivity index (χ0n) is 16.3. The number of rotatable bonds is 8. The number of hydrogen-bond donors (Lipinski definition) is 1. The van der Waals surface area contributed by atoms with E-state index in [0.717, 1.165) is 24.3 Å². The third kappa shape index (κ3) is 4.63. The van der Waals surface area contributed by atoms with Gasteiger partial charge in [-0.3, -0.25) is 9.59 Å². The molecule has 28 heavy (non-hydrogen) atoms. The highest BCUT2D eigenvalue weighted by atomic mass is 16.5. The fraction of sp³-hybridized carbons (Fsp3) is 0.364. The van der Waals surface area contributed by atoms with Crippen molar-refractivity contribution in [2.75, 3.05) is 30.5 Å². The lowest BCUT2D eigenvalue weighted by Crippen LogP contribution is -2.28. The van der Waals surface area contributed by atoms with Gasteiger partial charge in [0.25, 0.3) is 0 Å². The van der Waals surface area contributed by atoms with Gasteiger partial charge in [-0.05, 0) is 42.8 Å². The molecule has 0 saturated carbocycles. The van der Waals surface area contributed by atoms with Gasteiger partial charge in [-0.25, -0.2) is 0 Å². The number of ether oxygens (including phenoxy) is 2. The number of hydrogen-bond acceptors (Lipinski definition) is 4. The molecule has 148 valence electrons. The number of para-hydroxylation sites is 2. The molecule has 0 aliphatic carbocycles. The summed E-state index contributed by atoms with van der Waals surface area (Å²) in [6, 6.07) is 14.7. The second-order valence-corrected chi connectivity index (χ2v) is 6.79. The molecule has 1 atom stereocenters. The van der Waals surface area contributed by atoms with Crippen LogP contribution in [0.15, 0.2) is 48.5 Å². The molecule has 6 heteroatoms. The van der Waals surface area contributed by atoms with Crippen LogP contribution in [0.4, 0.5) is 11.4 Å². The third-order valence-corrected chi connectivity index (χ3v) is 4.78. The number of methoxy groups -OCH3 is 1. The number of anilines is 2. The zero-order chi connectivity index (χ0) is 19.9. The second kappa shape index (κ2) is 9.26. The Hall–Kier alpha value is -3.02. The van der Waals surface area contributed by atoms with Crippen LogP contribution < -0.4 is 19.7 Å². The van der Waals surface area contributed by atoms with Gasteiger partial charge in [0, 0.05) is 18.7 Å². The van der Waals surface area contributed by atoms with Crippen LogP contribution in [-0.2, 0) is 9.59 Å². The van der Waals surface area contributed by atoms with E-state index in [1.165, 1.54) is 0 Å². The Labute approximate surface area is 165 Å². The van der Waals surface area contributed by atoms with Crippen LogP contribution in [0.5, 0.6) is 11.5 Å². The van der Waals surface area contributed by atoms with E-state index >= 15 is 0 Å². The fourth-order valence-electron chi connectivity index (χ4n) is 3.15. The van der Waals surface area contributed by atoms with Gasteiger partial charge in [0.15, 0.2) is 0 Å². The summed E-state index contributed by atoms with van der Waals surface area (Å²) in [5, 5.41) is 2.93. The Balaban J connectivity index is 1.65. The first-order valence-corrected chi connectivity index (χ1v) is 9.59. The molecule has 2 aromatic carbocycles. The maximum Gasteiger partial charge on any atom is 0.229 e. The number of nitrogens with one attached hydrogen (secondary N) is 1. The molecule has 0 spiro atoms. The van der Waals surface area contributed by atoms with Gasteiger partial charge in [-0.2, -0.15) is 0 Å². The van der Waals surface area contributed by atoms with Crippen molar-refractivity contribution in [3.05, 3.63) is 48.5 Å². The van der Waals surface area contributed by atoms with Gasteiger partial charge in [-0.15, -0.1) is 0 Å². The van der Waals surface area contributed by atoms with Crippen molar-refractivity contribution in [3.8, 4) is 11.5 Å². The number of carbonyl (C=O) groups is 2. The van der Waals surface area contributed by atoms with Crippen molar-refractivity contribution in [2.24, 2.45) is 5.92 Å². The molecular weight excluding hydrogens is 356 g/mol. The molecule has 6 nitrogen and oxygen atoms in total. The quantitative estimate of drug-likeness (QED) is 0.704. The summed E-state index contributed by atoms with van der Waals surface area (Å²) in [5.41, 5.74) is 1.41. The highest BCUT2D eigenvalue weighted by Gasteiger charge is 2.35. The highest BCUT2D eigenvalue weighted by molar-refractivity contribution is 6.03. The average Bonchev–Trinajstić information content (AvgIpc) is 3.11. The van der Waals surface area contributed by atoms with Crippen molar-refractivity contribution in [3.63, 3.8) is 0 Å². The third-order valence-electron chi connectivity index (χ3n) is 4.78. The molecule has 1 unspecified atom stereocenters. The number of carbonyl (C=O) groups excluding carboxylic acids is 2. The summed E-state index contributed by atoms with van der Waals surface area (Å²) in [7, 11) is 1.60. The maximum atomic E-state index is 12.8. The Morgan fingerprint density at radius 2 is 1.93 bits per heavy atom. The van der Waals surface area contributed by atoms with E-state index in [0.29, 0.717) is 24.6 Å². The summed E-state index contributed by atoms with van der Waals surface area (Å²) >= 11 is 0. The topological polar surface area (TPSA) is 67.9 Å². The smallest absolute Gasteiger partial charge is 0.229 e. The lowest BCUT2D eigenvalue weighted by Gasteiger charge is -2.17. The van der Waals surface area contributed by atoms with Crippen molar-refractivity contribution in [2.45, 2.75) is 26.2 Å². The summed E-state index contributed by atoms with van der Waals surface area (Å²) in [5.74, 6) is 0.747. The second-order valence-electron chi connectivity index (χ2n) is 6.79. The average molecular weight is 382 g/mol. The van der Waals surface area contributed by atoms with E-state index in [9.17, 15) is 9.59 Å². The first-order chi connectivity index (χ1) is 13.6. The molecule has 2 amide bonds. The molecule has 1 fully saturated rings. The predicted octanol–water partition coefficient (Wildman–Crippen LogP) is 3.87. The van der Waals surface area contributed by atoms with Crippen LogP contribution in [0.25, 0.3) is 0 Å². The van der Waals surface area contributed by atoms with Gasteiger partial charge >= 0.3 is 0 Å². The van der Waals surface area contributed by atoms with E-state index in [2.05, 4.69) is 12.2 Å². The minimum absolute atomic E-state index is 0.0576. The minimum Gasteiger partial charge on any atom is -0.497 e. The van der Waals surface area contributed by atoms with Gasteiger partial charge in [0.1, 0.15) is 11.5 Å². The van der Waals surface area contributed by atoms with E-state index in [4.69, 9.17) is 9.47 Å². The van der Waals surface area contributed by atoms with Crippen molar-refractivity contribution >= 4 is 23.2 Å². The van der Waals surface area contributed by atoms with Gasteiger partial charge in [-0.1, -0.05) is 25.5 Å². The number of unbranched alkanes of at least 4 members (excludes halogenated alkanes) is 1. The summed E-state index contributed by atoms with van der Waals surface area (Å²) < 4.78 is 10.9. The molecule has 2 aromatic rings. The first-order valence-electron chi connectivity index (χ1n) is 9.59. The Morgan fingerprint density at radius 1 is 1.18 bits per heavy atom. The van der Waals surface area contributed by atoms with Gasteiger partial charge < -0.3 is 19.7 Å². The highest BCUT2D eigenvalue weighted by Crippen LogP contribution is 2.29. The molecule has 0 bridgehead atoms. The first kappa shape index (κ1) is 19.7. The van der Waals surface area contributed by atoms with Gasteiger partial charge in [0.05, 0.1) is 25.3 Å². The largest absolute Gasteiger partial charge is 0.497 e. The number of nitrogens with zero attached hydrogens (tertiary/aromatic N) is 1. The van der Waals surface area contributed by atoms with Gasteiger partial charge in [0.2, 0.25) is 11.8 Å². The fourth-order valence-corrected chi connectivity index (χ4v) is 3.15. The molecule has 3 rings (SSSR count). The van der Waals surface area contributed by atoms with E-state index in [1.54, 1.807) is 24.1 Å². The van der Waals surface area contributed by atoms with Crippen molar-refractivity contribution < 1.29 is 19.1 Å². The number of amides is 2. The lowest BCUT2D eigenvalue weighted by molar-refractivity contribution is -0.122. The number of benzene rings is 2. The van der Waals surface area contributed by atoms with E-state index in [1.807, 2.05) is 36.4 Å². The van der Waals surface area contributed by atoms with E-state index < -0.39 is 5.92 Å².